The van der Waals surface area contributed by atoms with Gasteiger partial charge in [0, 0.05) is 18.1 Å². The van der Waals surface area contributed by atoms with Gasteiger partial charge in [-0.15, -0.1) is 0 Å². The van der Waals surface area contributed by atoms with Crippen molar-refractivity contribution in [2.45, 2.75) is 5.33 Å². The molecule has 0 saturated heterocycles. The molecule has 0 fully saturated rings. The quantitative estimate of drug-likeness (QED) is 0.679. The van der Waals surface area contributed by atoms with Gasteiger partial charge >= 0.3 is 6.03 Å². The largest absolute Gasteiger partial charge is 0.345 e. The van der Waals surface area contributed by atoms with Crippen LogP contribution >= 0.6 is 15.9 Å². The molecule has 0 bridgehead atoms. The SMILES string of the molecule is CON(C)C(=O)Nc1ccc(CBr)cc1. The van der Waals surface area contributed by atoms with Crippen molar-refractivity contribution in [1.82, 2.24) is 5.06 Å². The standard InChI is InChI=1S/C10H13BrN2O2/c1-13(15-2)10(14)12-9-5-3-8(7-11)4-6-9/h3-6H,7H2,1-2H3,(H,12,14). The molecule has 1 N–H and O–H groups in total. The van der Waals surface area contributed by atoms with Gasteiger partial charge in [-0.2, -0.15) is 0 Å². The minimum absolute atomic E-state index is 0.302. The smallest absolute Gasteiger partial charge is 0.306 e. The van der Waals surface area contributed by atoms with Crippen LogP contribution in [0.5, 0.6) is 0 Å². The van der Waals surface area contributed by atoms with Crippen molar-refractivity contribution in [3.63, 3.8) is 0 Å². The molecule has 15 heavy (non-hydrogen) atoms. The fraction of sp³-hybridized carbons (Fsp3) is 0.300. The number of urea groups is 1. The summed E-state index contributed by atoms with van der Waals surface area (Å²) in [6.45, 7) is 0. The van der Waals surface area contributed by atoms with Crippen LogP contribution in [0, 0.1) is 0 Å². The summed E-state index contributed by atoms with van der Waals surface area (Å²) in [6, 6.07) is 7.27. The Kier molecular flexibility index (Phi) is 4.58. The lowest BCUT2D eigenvalue weighted by atomic mass is 10.2. The van der Waals surface area contributed by atoms with Crippen molar-refractivity contribution in [3.05, 3.63) is 29.8 Å². The van der Waals surface area contributed by atoms with Gasteiger partial charge < -0.3 is 5.32 Å². The summed E-state index contributed by atoms with van der Waals surface area (Å²) in [5.74, 6) is 0. The number of rotatable bonds is 3. The molecule has 1 aromatic carbocycles. The predicted octanol–water partition coefficient (Wildman–Crippen LogP) is 2.61. The van der Waals surface area contributed by atoms with Gasteiger partial charge in [0.2, 0.25) is 0 Å². The summed E-state index contributed by atoms with van der Waals surface area (Å²) >= 11 is 3.35. The Hall–Kier alpha value is -1.07. The summed E-state index contributed by atoms with van der Waals surface area (Å²) in [6.07, 6.45) is 0. The van der Waals surface area contributed by atoms with E-state index in [9.17, 15) is 4.79 Å². The van der Waals surface area contributed by atoms with Crippen LogP contribution in [0.2, 0.25) is 0 Å². The molecule has 0 unspecified atom stereocenters. The zero-order valence-corrected chi connectivity index (χ0v) is 10.2. The van der Waals surface area contributed by atoms with E-state index < -0.39 is 0 Å². The van der Waals surface area contributed by atoms with Crippen molar-refractivity contribution >= 4 is 27.6 Å². The van der Waals surface area contributed by atoms with Gasteiger partial charge in [-0.3, -0.25) is 4.84 Å². The first-order chi connectivity index (χ1) is 7.17. The van der Waals surface area contributed by atoms with Crippen molar-refractivity contribution < 1.29 is 9.63 Å². The van der Waals surface area contributed by atoms with E-state index in [-0.39, 0.29) is 6.03 Å². The molecule has 0 aromatic heterocycles. The van der Waals surface area contributed by atoms with Gasteiger partial charge in [0.1, 0.15) is 0 Å². The van der Waals surface area contributed by atoms with Crippen LogP contribution in [0.15, 0.2) is 24.3 Å². The van der Waals surface area contributed by atoms with Gasteiger partial charge in [-0.1, -0.05) is 28.1 Å². The Labute approximate surface area is 97.3 Å². The van der Waals surface area contributed by atoms with Crippen molar-refractivity contribution in [2.24, 2.45) is 0 Å². The van der Waals surface area contributed by atoms with Gasteiger partial charge in [0.05, 0.1) is 7.11 Å². The highest BCUT2D eigenvalue weighted by atomic mass is 79.9. The number of carbonyl (C=O) groups is 1. The van der Waals surface area contributed by atoms with Crippen LogP contribution in [0.25, 0.3) is 0 Å². The van der Waals surface area contributed by atoms with E-state index in [1.165, 1.54) is 7.11 Å². The topological polar surface area (TPSA) is 41.6 Å². The highest BCUT2D eigenvalue weighted by molar-refractivity contribution is 9.08. The van der Waals surface area contributed by atoms with E-state index in [0.717, 1.165) is 21.6 Å². The van der Waals surface area contributed by atoms with Gasteiger partial charge in [-0.05, 0) is 17.7 Å². The molecular weight excluding hydrogens is 260 g/mol. The molecule has 4 nitrogen and oxygen atoms in total. The zero-order chi connectivity index (χ0) is 11.3. The molecule has 0 heterocycles. The molecule has 5 heteroatoms. The van der Waals surface area contributed by atoms with E-state index in [1.807, 2.05) is 24.3 Å². The molecule has 82 valence electrons. The van der Waals surface area contributed by atoms with E-state index in [4.69, 9.17) is 4.84 Å². The number of hydrogen-bond acceptors (Lipinski definition) is 2. The summed E-state index contributed by atoms with van der Waals surface area (Å²) in [7, 11) is 2.98. The molecular formula is C10H13BrN2O2. The number of nitrogens with zero attached hydrogens (tertiary/aromatic N) is 1. The Morgan fingerprint density at radius 3 is 2.53 bits per heavy atom. The maximum absolute atomic E-state index is 11.4. The highest BCUT2D eigenvalue weighted by Crippen LogP contribution is 2.12. The van der Waals surface area contributed by atoms with Crippen LogP contribution in [0.3, 0.4) is 0 Å². The first-order valence-electron chi connectivity index (χ1n) is 4.41. The number of hydrogen-bond donors (Lipinski definition) is 1. The average molecular weight is 273 g/mol. The normalized spacial score (nSPS) is 9.80. The number of alkyl halides is 1. The van der Waals surface area contributed by atoms with Crippen LogP contribution < -0.4 is 5.32 Å². The number of carbonyl (C=O) groups excluding carboxylic acids is 1. The third-order valence-electron chi connectivity index (χ3n) is 1.92. The Balaban J connectivity index is 2.61. The average Bonchev–Trinajstić information content (AvgIpc) is 2.29. The first-order valence-corrected chi connectivity index (χ1v) is 5.53. The summed E-state index contributed by atoms with van der Waals surface area (Å²) < 4.78 is 0. The fourth-order valence-electron chi connectivity index (χ4n) is 0.962. The molecule has 0 atom stereocenters. The second-order valence-electron chi connectivity index (χ2n) is 2.94. The maximum Gasteiger partial charge on any atom is 0.345 e. The maximum atomic E-state index is 11.4. The lowest BCUT2D eigenvalue weighted by molar-refractivity contribution is -0.0598. The number of hydroxylamine groups is 2. The second-order valence-corrected chi connectivity index (χ2v) is 3.50. The van der Waals surface area contributed by atoms with E-state index >= 15 is 0 Å². The Morgan fingerprint density at radius 2 is 2.07 bits per heavy atom. The molecule has 0 aliphatic rings. The van der Waals surface area contributed by atoms with Crippen molar-refractivity contribution in [1.29, 1.82) is 0 Å². The lowest BCUT2D eigenvalue weighted by Gasteiger charge is -2.14. The van der Waals surface area contributed by atoms with Crippen LogP contribution in [-0.2, 0) is 10.2 Å². The number of nitrogens with one attached hydrogen (secondary N) is 1. The fourth-order valence-corrected chi connectivity index (χ4v) is 1.34. The van der Waals surface area contributed by atoms with Crippen molar-refractivity contribution in [3.8, 4) is 0 Å². The van der Waals surface area contributed by atoms with Gasteiger partial charge in [0.15, 0.2) is 0 Å². The second kappa shape index (κ2) is 5.72. The molecule has 0 radical (unpaired) electrons. The third-order valence-corrected chi connectivity index (χ3v) is 2.57. The van der Waals surface area contributed by atoms with Gasteiger partial charge in [-0.25, -0.2) is 9.86 Å². The van der Waals surface area contributed by atoms with Crippen LogP contribution in [-0.4, -0.2) is 25.3 Å². The Morgan fingerprint density at radius 1 is 1.47 bits per heavy atom. The molecule has 1 aromatic rings. The molecule has 0 aliphatic heterocycles. The van der Waals surface area contributed by atoms with Crippen LogP contribution in [0.4, 0.5) is 10.5 Å². The highest BCUT2D eigenvalue weighted by Gasteiger charge is 2.06. The van der Waals surface area contributed by atoms with Crippen molar-refractivity contribution in [2.75, 3.05) is 19.5 Å². The van der Waals surface area contributed by atoms with E-state index in [0.29, 0.717) is 0 Å². The monoisotopic (exact) mass is 272 g/mol. The summed E-state index contributed by atoms with van der Waals surface area (Å²) in [5, 5.41) is 4.62. The van der Waals surface area contributed by atoms with E-state index in [1.54, 1.807) is 7.05 Å². The van der Waals surface area contributed by atoms with E-state index in [2.05, 4.69) is 21.2 Å². The zero-order valence-electron chi connectivity index (χ0n) is 8.66. The number of benzene rings is 1. The lowest BCUT2D eigenvalue weighted by Crippen LogP contribution is -2.30. The minimum atomic E-state index is -0.302. The Bertz CT molecular complexity index is 327. The summed E-state index contributed by atoms with van der Waals surface area (Å²) in [5.41, 5.74) is 1.90. The minimum Gasteiger partial charge on any atom is -0.306 e. The van der Waals surface area contributed by atoms with Crippen LogP contribution in [0.1, 0.15) is 5.56 Å². The number of amides is 2. The summed E-state index contributed by atoms with van der Waals surface area (Å²) in [4.78, 5) is 16.1. The molecule has 0 saturated carbocycles. The molecule has 0 aliphatic carbocycles. The van der Waals surface area contributed by atoms with Gasteiger partial charge in [0.25, 0.3) is 0 Å². The third kappa shape index (κ3) is 3.53. The number of halogens is 1. The predicted molar refractivity (Wildman–Crippen MR) is 62.9 cm³/mol. The molecule has 2 amide bonds. The molecule has 1 rings (SSSR count). The first kappa shape index (κ1) is 12.0. The molecule has 0 spiro atoms. The number of anilines is 1.